The normalized spacial score (nSPS) is 54.2. The second-order valence-electron chi connectivity index (χ2n) is 15.7. The van der Waals surface area contributed by atoms with Gasteiger partial charge in [0.2, 0.25) is 0 Å². The second-order valence-corrected chi connectivity index (χ2v) is 15.7. The molecule has 1 saturated carbocycles. The molecule has 3 aliphatic carbocycles. The maximum absolute atomic E-state index is 12.5. The third-order valence-corrected chi connectivity index (χ3v) is 13.2. The minimum atomic E-state index is -1.08. The van der Waals surface area contributed by atoms with Gasteiger partial charge in [-0.2, -0.15) is 0 Å². The fraction of sp³-hybridized carbons (Fsp3) is 0.906. The summed E-state index contributed by atoms with van der Waals surface area (Å²) < 4.78 is 26.4. The average Bonchev–Trinajstić information content (AvgIpc) is 3.42. The second kappa shape index (κ2) is 7.46. The van der Waals surface area contributed by atoms with E-state index in [1.807, 2.05) is 13.8 Å². The molecule has 0 aromatic carbocycles. The molecule has 7 aliphatic rings. The molecule has 1 N–H and O–H groups in total. The van der Waals surface area contributed by atoms with Gasteiger partial charge in [-0.3, -0.25) is 4.79 Å². The van der Waals surface area contributed by atoms with Gasteiger partial charge in [0.05, 0.1) is 17.8 Å². The first-order chi connectivity index (χ1) is 17.6. The number of ether oxygens (including phenoxy) is 4. The van der Waals surface area contributed by atoms with Crippen LogP contribution in [0.3, 0.4) is 0 Å². The number of hydrogen-bond donors (Lipinski definition) is 1. The SMILES string of the molecule is CC(=O)OC(C)(C)C1OC23OC1CC(C)C2C1(C)CCC2=C(CCC4C5(CCC(O5)C4(C)C)C2)C1(C)C3O. The third-order valence-electron chi connectivity index (χ3n) is 13.2. The molecular weight excluding hydrogens is 480 g/mol. The predicted octanol–water partition coefficient (Wildman–Crippen LogP) is 5.70. The molecule has 212 valence electrons. The summed E-state index contributed by atoms with van der Waals surface area (Å²) in [5.74, 6) is -0.436. The number of rotatable bonds is 2. The lowest BCUT2D eigenvalue weighted by molar-refractivity contribution is -0.280. The van der Waals surface area contributed by atoms with E-state index in [0.29, 0.717) is 17.9 Å². The molecule has 11 unspecified atom stereocenters. The lowest BCUT2D eigenvalue weighted by Crippen LogP contribution is -2.52. The van der Waals surface area contributed by atoms with Gasteiger partial charge in [0, 0.05) is 18.3 Å². The number of carbonyl (C=O) groups is 1. The summed E-state index contributed by atoms with van der Waals surface area (Å²) in [6.45, 7) is 17.2. The summed E-state index contributed by atoms with van der Waals surface area (Å²) >= 11 is 0. The van der Waals surface area contributed by atoms with Crippen molar-refractivity contribution in [3.05, 3.63) is 11.1 Å². The fourth-order valence-corrected chi connectivity index (χ4v) is 11.7. The molecule has 7 rings (SSSR count). The highest BCUT2D eigenvalue weighted by Gasteiger charge is 2.80. The van der Waals surface area contributed by atoms with Crippen molar-refractivity contribution in [2.45, 2.75) is 148 Å². The Kier molecular flexibility index (Phi) is 5.10. The zero-order valence-electron chi connectivity index (χ0n) is 24.7. The molecule has 0 aromatic heterocycles. The van der Waals surface area contributed by atoms with Gasteiger partial charge < -0.3 is 24.1 Å². The molecule has 4 bridgehead atoms. The van der Waals surface area contributed by atoms with Crippen molar-refractivity contribution < 1.29 is 28.8 Å². The molecule has 6 nitrogen and oxygen atoms in total. The van der Waals surface area contributed by atoms with Crippen LogP contribution >= 0.6 is 0 Å². The summed E-state index contributed by atoms with van der Waals surface area (Å²) in [6, 6.07) is 0. The number of fused-ring (bicyclic) bond motifs is 5. The Labute approximate surface area is 228 Å². The smallest absolute Gasteiger partial charge is 0.303 e. The highest BCUT2D eigenvalue weighted by Crippen LogP contribution is 2.76. The molecular formula is C32H48O6. The number of esters is 1. The van der Waals surface area contributed by atoms with E-state index in [0.717, 1.165) is 38.5 Å². The zero-order chi connectivity index (χ0) is 27.3. The van der Waals surface area contributed by atoms with Gasteiger partial charge in [0.25, 0.3) is 0 Å². The fourth-order valence-electron chi connectivity index (χ4n) is 11.7. The van der Waals surface area contributed by atoms with Crippen LogP contribution in [0, 0.1) is 34.0 Å². The van der Waals surface area contributed by atoms with E-state index in [2.05, 4.69) is 34.6 Å². The van der Waals surface area contributed by atoms with Crippen LogP contribution < -0.4 is 0 Å². The maximum atomic E-state index is 12.5. The van der Waals surface area contributed by atoms with Crippen LogP contribution in [-0.2, 0) is 23.7 Å². The van der Waals surface area contributed by atoms with Crippen molar-refractivity contribution in [3.63, 3.8) is 0 Å². The van der Waals surface area contributed by atoms with Crippen molar-refractivity contribution in [2.24, 2.45) is 34.0 Å². The Morgan fingerprint density at radius 3 is 2.50 bits per heavy atom. The van der Waals surface area contributed by atoms with Gasteiger partial charge in [-0.05, 0) is 87.9 Å². The van der Waals surface area contributed by atoms with Gasteiger partial charge in [-0.1, -0.05) is 45.8 Å². The quantitative estimate of drug-likeness (QED) is 0.366. The van der Waals surface area contributed by atoms with Gasteiger partial charge in [0.1, 0.15) is 17.8 Å². The molecule has 6 heteroatoms. The van der Waals surface area contributed by atoms with Crippen molar-refractivity contribution in [3.8, 4) is 0 Å². The van der Waals surface area contributed by atoms with Crippen LogP contribution in [0.2, 0.25) is 0 Å². The molecule has 0 radical (unpaired) electrons. The third kappa shape index (κ3) is 2.82. The van der Waals surface area contributed by atoms with Crippen LogP contribution in [0.4, 0.5) is 0 Å². The Bertz CT molecular complexity index is 1110. The van der Waals surface area contributed by atoms with Crippen molar-refractivity contribution in [2.75, 3.05) is 0 Å². The molecule has 4 saturated heterocycles. The van der Waals surface area contributed by atoms with Gasteiger partial charge in [0.15, 0.2) is 5.79 Å². The summed E-state index contributed by atoms with van der Waals surface area (Å²) in [7, 11) is 0. The molecule has 5 fully saturated rings. The van der Waals surface area contributed by atoms with Crippen molar-refractivity contribution >= 4 is 5.97 Å². The largest absolute Gasteiger partial charge is 0.457 e. The minimum absolute atomic E-state index is 0.0259. The van der Waals surface area contributed by atoms with Crippen LogP contribution in [0.25, 0.3) is 0 Å². The van der Waals surface area contributed by atoms with Crippen LogP contribution in [-0.4, -0.2) is 52.5 Å². The van der Waals surface area contributed by atoms with E-state index in [1.54, 1.807) is 5.57 Å². The van der Waals surface area contributed by atoms with E-state index < -0.39 is 29.0 Å². The van der Waals surface area contributed by atoms with Gasteiger partial charge in [-0.25, -0.2) is 0 Å². The first-order valence-electron chi connectivity index (χ1n) is 15.2. The Balaban J connectivity index is 1.31. The molecule has 0 aromatic rings. The van der Waals surface area contributed by atoms with E-state index >= 15 is 0 Å². The zero-order valence-corrected chi connectivity index (χ0v) is 24.7. The lowest BCUT2D eigenvalue weighted by atomic mass is 9.52. The average molecular weight is 529 g/mol. The molecule has 0 amide bonds. The van der Waals surface area contributed by atoms with Gasteiger partial charge in [-0.15, -0.1) is 0 Å². The first-order valence-corrected chi connectivity index (χ1v) is 15.2. The first kappa shape index (κ1) is 26.0. The number of hydrogen-bond acceptors (Lipinski definition) is 6. The monoisotopic (exact) mass is 528 g/mol. The Hall–Kier alpha value is -0.950. The van der Waals surface area contributed by atoms with Crippen molar-refractivity contribution in [1.29, 1.82) is 0 Å². The van der Waals surface area contributed by atoms with E-state index in [4.69, 9.17) is 18.9 Å². The number of aliphatic hydroxyl groups is 1. The highest BCUT2D eigenvalue weighted by molar-refractivity contribution is 5.66. The molecule has 4 heterocycles. The van der Waals surface area contributed by atoms with E-state index in [-0.39, 0.29) is 34.4 Å². The van der Waals surface area contributed by atoms with Crippen LogP contribution in [0.15, 0.2) is 11.1 Å². The number of aliphatic hydroxyl groups excluding tert-OH is 1. The maximum Gasteiger partial charge on any atom is 0.303 e. The summed E-state index contributed by atoms with van der Waals surface area (Å²) in [5.41, 5.74) is 1.75. The standard InChI is InChI=1S/C32H48O6/c1-17-15-21-25(28(5,6)35-18(2)33)38-32(36-21)24(17)29(7)13-11-19-16-31-14-12-23(37-31)27(3,4)22(31)10-9-20(19)30(29,8)26(32)34/h17,21-26,34H,9-16H2,1-8H3. The van der Waals surface area contributed by atoms with E-state index in [1.165, 1.54) is 25.3 Å². The molecule has 11 atom stereocenters. The van der Waals surface area contributed by atoms with Crippen molar-refractivity contribution in [1.82, 2.24) is 0 Å². The topological polar surface area (TPSA) is 74.2 Å². The molecule has 4 aliphatic heterocycles. The van der Waals surface area contributed by atoms with Crippen LogP contribution in [0.5, 0.6) is 0 Å². The Morgan fingerprint density at radius 2 is 1.79 bits per heavy atom. The summed E-state index contributed by atoms with van der Waals surface area (Å²) in [5, 5.41) is 12.5. The predicted molar refractivity (Wildman–Crippen MR) is 142 cm³/mol. The Morgan fingerprint density at radius 1 is 1.05 bits per heavy atom. The van der Waals surface area contributed by atoms with Gasteiger partial charge >= 0.3 is 5.97 Å². The van der Waals surface area contributed by atoms with Crippen LogP contribution in [0.1, 0.15) is 107 Å². The summed E-state index contributed by atoms with van der Waals surface area (Å²) in [6.07, 6.45) is 7.45. The number of carbonyl (C=O) groups excluding carboxylic acids is 1. The minimum Gasteiger partial charge on any atom is -0.457 e. The molecule has 38 heavy (non-hydrogen) atoms. The molecule has 2 spiro atoms. The highest BCUT2D eigenvalue weighted by atomic mass is 16.8. The lowest BCUT2D eigenvalue weighted by Gasteiger charge is -2.52. The van der Waals surface area contributed by atoms with E-state index in [9.17, 15) is 9.90 Å². The summed E-state index contributed by atoms with van der Waals surface area (Å²) in [4.78, 5) is 12.0.